The summed E-state index contributed by atoms with van der Waals surface area (Å²) in [4.78, 5) is 14.2. The van der Waals surface area contributed by atoms with Gasteiger partial charge in [-0.2, -0.15) is 0 Å². The number of benzene rings is 1. The van der Waals surface area contributed by atoms with E-state index in [-0.39, 0.29) is 23.5 Å². The number of carbonyl (C=O) groups is 1. The number of ether oxygens (including phenoxy) is 1. The Bertz CT molecular complexity index is 662. The summed E-state index contributed by atoms with van der Waals surface area (Å²) in [6, 6.07) is 9.16. The molecule has 126 valence electrons. The second-order valence-electron chi connectivity index (χ2n) is 6.20. The van der Waals surface area contributed by atoms with Crippen molar-refractivity contribution >= 4 is 15.9 Å². The number of methoxy groups -OCH3 is 1. The zero-order valence-corrected chi connectivity index (χ0v) is 14.0. The third-order valence-electron chi connectivity index (χ3n) is 4.64. The van der Waals surface area contributed by atoms with Gasteiger partial charge < -0.3 is 9.64 Å². The van der Waals surface area contributed by atoms with Crippen LogP contribution in [0.4, 0.5) is 0 Å². The lowest BCUT2D eigenvalue weighted by atomic mass is 10.0. The summed E-state index contributed by atoms with van der Waals surface area (Å²) >= 11 is 0. The molecule has 2 atom stereocenters. The van der Waals surface area contributed by atoms with Crippen molar-refractivity contribution in [2.75, 3.05) is 39.9 Å². The molecule has 0 aromatic heterocycles. The van der Waals surface area contributed by atoms with Gasteiger partial charge in [0.05, 0.1) is 18.3 Å². The first kappa shape index (κ1) is 16.4. The number of sulfonamides is 1. The third-order valence-corrected chi connectivity index (χ3v) is 6.42. The SMILES string of the molecule is COCCN1C[C@@H]2CN(S(=O)(=O)Cc3ccccc3)C[C@@H]2C1=O. The molecule has 3 rings (SSSR count). The van der Waals surface area contributed by atoms with Crippen LogP contribution >= 0.6 is 0 Å². The normalized spacial score (nSPS) is 25.1. The fraction of sp³-hybridized carbons (Fsp3) is 0.562. The maximum absolute atomic E-state index is 12.6. The van der Waals surface area contributed by atoms with Crippen molar-refractivity contribution in [1.82, 2.24) is 9.21 Å². The summed E-state index contributed by atoms with van der Waals surface area (Å²) in [6.45, 7) is 2.47. The molecule has 2 aliphatic heterocycles. The molecular formula is C16H22N2O4S. The highest BCUT2D eigenvalue weighted by Gasteiger charge is 2.48. The molecule has 0 spiro atoms. The Hall–Kier alpha value is -1.44. The number of rotatable bonds is 6. The minimum absolute atomic E-state index is 0.00510. The molecule has 1 aromatic rings. The molecule has 23 heavy (non-hydrogen) atoms. The topological polar surface area (TPSA) is 66.9 Å². The lowest BCUT2D eigenvalue weighted by Crippen LogP contribution is -2.37. The standard InChI is InChI=1S/C16H22N2O4S/c1-22-8-7-17-9-14-10-18(11-15(14)16(17)19)23(20,21)12-13-5-3-2-4-6-13/h2-6,14-15H,7-12H2,1H3/t14-,15+/m1/s1. The Balaban J connectivity index is 1.64. The van der Waals surface area contributed by atoms with Crippen LogP contribution in [0.25, 0.3) is 0 Å². The highest BCUT2D eigenvalue weighted by atomic mass is 32.2. The van der Waals surface area contributed by atoms with E-state index in [0.29, 0.717) is 32.8 Å². The zero-order chi connectivity index (χ0) is 16.4. The van der Waals surface area contributed by atoms with Gasteiger partial charge in [0.15, 0.2) is 0 Å². The Morgan fingerprint density at radius 2 is 1.91 bits per heavy atom. The molecule has 0 saturated carbocycles. The van der Waals surface area contributed by atoms with Gasteiger partial charge in [0.25, 0.3) is 0 Å². The molecule has 1 amide bonds. The molecule has 0 aliphatic carbocycles. The van der Waals surface area contributed by atoms with E-state index in [0.717, 1.165) is 5.56 Å². The molecule has 0 bridgehead atoms. The van der Waals surface area contributed by atoms with Crippen LogP contribution in [0, 0.1) is 11.8 Å². The maximum atomic E-state index is 12.6. The van der Waals surface area contributed by atoms with E-state index in [1.165, 1.54) is 4.31 Å². The van der Waals surface area contributed by atoms with Crippen LogP contribution in [0.3, 0.4) is 0 Å². The van der Waals surface area contributed by atoms with E-state index in [1.54, 1.807) is 12.0 Å². The van der Waals surface area contributed by atoms with Gasteiger partial charge in [0, 0.05) is 39.2 Å². The van der Waals surface area contributed by atoms with Gasteiger partial charge in [0.2, 0.25) is 15.9 Å². The molecule has 1 aromatic carbocycles. The molecule has 0 radical (unpaired) electrons. The lowest BCUT2D eigenvalue weighted by molar-refractivity contribution is -0.131. The van der Waals surface area contributed by atoms with Crippen LogP contribution in [-0.2, 0) is 25.3 Å². The van der Waals surface area contributed by atoms with Crippen molar-refractivity contribution in [3.05, 3.63) is 35.9 Å². The predicted molar refractivity (Wildman–Crippen MR) is 86.1 cm³/mol. The fourth-order valence-electron chi connectivity index (χ4n) is 3.41. The Morgan fingerprint density at radius 1 is 1.17 bits per heavy atom. The minimum Gasteiger partial charge on any atom is -0.383 e. The molecule has 2 aliphatic rings. The van der Waals surface area contributed by atoms with Crippen LogP contribution in [-0.4, -0.2) is 63.4 Å². The van der Waals surface area contributed by atoms with Gasteiger partial charge in [-0.05, 0) is 5.56 Å². The monoisotopic (exact) mass is 338 g/mol. The van der Waals surface area contributed by atoms with Crippen LogP contribution in [0.5, 0.6) is 0 Å². The number of fused-ring (bicyclic) bond motifs is 1. The zero-order valence-electron chi connectivity index (χ0n) is 13.2. The molecule has 2 heterocycles. The van der Waals surface area contributed by atoms with Crippen molar-refractivity contribution in [2.24, 2.45) is 11.8 Å². The van der Waals surface area contributed by atoms with E-state index in [9.17, 15) is 13.2 Å². The Morgan fingerprint density at radius 3 is 2.57 bits per heavy atom. The molecule has 2 saturated heterocycles. The van der Waals surface area contributed by atoms with Crippen molar-refractivity contribution in [1.29, 1.82) is 0 Å². The summed E-state index contributed by atoms with van der Waals surface area (Å²) in [6.07, 6.45) is 0. The molecule has 6 nitrogen and oxygen atoms in total. The molecule has 0 unspecified atom stereocenters. The molecule has 0 N–H and O–H groups in total. The van der Waals surface area contributed by atoms with Gasteiger partial charge in [0.1, 0.15) is 0 Å². The van der Waals surface area contributed by atoms with Crippen molar-refractivity contribution in [2.45, 2.75) is 5.75 Å². The Labute approximate surface area is 137 Å². The predicted octanol–water partition coefficient (Wildman–Crippen LogP) is 0.553. The lowest BCUT2D eigenvalue weighted by Gasteiger charge is -2.21. The van der Waals surface area contributed by atoms with E-state index in [2.05, 4.69) is 0 Å². The number of amides is 1. The van der Waals surface area contributed by atoms with Gasteiger partial charge in [-0.15, -0.1) is 0 Å². The summed E-state index contributed by atoms with van der Waals surface area (Å²) in [5, 5.41) is 0. The highest BCUT2D eigenvalue weighted by molar-refractivity contribution is 7.88. The summed E-state index contributed by atoms with van der Waals surface area (Å²) < 4.78 is 31.7. The molecular weight excluding hydrogens is 316 g/mol. The van der Waals surface area contributed by atoms with E-state index >= 15 is 0 Å². The van der Waals surface area contributed by atoms with E-state index in [1.807, 2.05) is 30.3 Å². The van der Waals surface area contributed by atoms with Gasteiger partial charge >= 0.3 is 0 Å². The smallest absolute Gasteiger partial charge is 0.227 e. The molecule has 7 heteroatoms. The van der Waals surface area contributed by atoms with Crippen LogP contribution < -0.4 is 0 Å². The fourth-order valence-corrected chi connectivity index (χ4v) is 5.01. The number of hydrogen-bond acceptors (Lipinski definition) is 4. The average Bonchev–Trinajstić information content (AvgIpc) is 3.07. The number of hydrogen-bond donors (Lipinski definition) is 0. The first-order valence-corrected chi connectivity index (χ1v) is 9.41. The van der Waals surface area contributed by atoms with Gasteiger partial charge in [-0.25, -0.2) is 12.7 Å². The quantitative estimate of drug-likeness (QED) is 0.760. The first-order valence-electron chi connectivity index (χ1n) is 7.81. The summed E-state index contributed by atoms with van der Waals surface area (Å²) in [7, 11) is -1.76. The third kappa shape index (κ3) is 3.41. The summed E-state index contributed by atoms with van der Waals surface area (Å²) in [5.74, 6) is -0.0405. The number of nitrogens with zero attached hydrogens (tertiary/aromatic N) is 2. The van der Waals surface area contributed by atoms with Crippen molar-refractivity contribution < 1.29 is 17.9 Å². The Kier molecular flexibility index (Phi) is 4.70. The average molecular weight is 338 g/mol. The first-order chi connectivity index (χ1) is 11.0. The largest absolute Gasteiger partial charge is 0.383 e. The van der Waals surface area contributed by atoms with Crippen molar-refractivity contribution in [3.8, 4) is 0 Å². The highest BCUT2D eigenvalue weighted by Crippen LogP contribution is 2.34. The summed E-state index contributed by atoms with van der Waals surface area (Å²) in [5.41, 5.74) is 0.776. The van der Waals surface area contributed by atoms with Crippen molar-refractivity contribution in [3.63, 3.8) is 0 Å². The maximum Gasteiger partial charge on any atom is 0.227 e. The molecule has 2 fully saturated rings. The van der Waals surface area contributed by atoms with Crippen LogP contribution in [0.15, 0.2) is 30.3 Å². The van der Waals surface area contributed by atoms with E-state index < -0.39 is 10.0 Å². The van der Waals surface area contributed by atoms with Gasteiger partial charge in [-0.3, -0.25) is 4.79 Å². The van der Waals surface area contributed by atoms with Gasteiger partial charge in [-0.1, -0.05) is 30.3 Å². The number of likely N-dealkylation sites (tertiary alicyclic amines) is 1. The second-order valence-corrected chi connectivity index (χ2v) is 8.17. The van der Waals surface area contributed by atoms with E-state index in [4.69, 9.17) is 4.74 Å². The second kappa shape index (κ2) is 6.59. The van der Waals surface area contributed by atoms with Crippen LogP contribution in [0.2, 0.25) is 0 Å². The minimum atomic E-state index is -3.38. The number of carbonyl (C=O) groups excluding carboxylic acids is 1. The van der Waals surface area contributed by atoms with Crippen LogP contribution in [0.1, 0.15) is 5.56 Å².